The second-order valence-electron chi connectivity index (χ2n) is 8.92. The van der Waals surface area contributed by atoms with Crippen LogP contribution >= 0.6 is 0 Å². The lowest BCUT2D eigenvalue weighted by Gasteiger charge is -2.29. The van der Waals surface area contributed by atoms with Crippen LogP contribution in [-0.4, -0.2) is 29.3 Å². The number of aryl methyl sites for hydroxylation is 1. The van der Waals surface area contributed by atoms with Gasteiger partial charge in [-0.1, -0.05) is 82.3 Å². The van der Waals surface area contributed by atoms with Gasteiger partial charge in [0.1, 0.15) is 6.04 Å². The fourth-order valence-corrected chi connectivity index (χ4v) is 3.32. The minimum atomic E-state index is -0.507. The molecule has 4 heteroatoms. The summed E-state index contributed by atoms with van der Waals surface area (Å²) in [6.07, 6.45) is 1.92. The molecule has 0 heterocycles. The highest BCUT2D eigenvalue weighted by molar-refractivity contribution is 5.87. The van der Waals surface area contributed by atoms with Crippen LogP contribution in [0.5, 0.6) is 0 Å². The van der Waals surface area contributed by atoms with Gasteiger partial charge in [-0.25, -0.2) is 0 Å². The Morgan fingerprint density at radius 3 is 2.17 bits per heavy atom. The van der Waals surface area contributed by atoms with Crippen LogP contribution in [-0.2, 0) is 28.0 Å². The van der Waals surface area contributed by atoms with Crippen LogP contribution in [0.2, 0.25) is 0 Å². The van der Waals surface area contributed by atoms with E-state index in [4.69, 9.17) is 0 Å². The molecule has 0 aliphatic carbocycles. The first-order valence-electron chi connectivity index (χ1n) is 10.9. The number of hydrogen-bond acceptors (Lipinski definition) is 2. The lowest BCUT2D eigenvalue weighted by atomic mass is 9.86. The largest absolute Gasteiger partial charge is 0.354 e. The second kappa shape index (κ2) is 11.0. The van der Waals surface area contributed by atoms with Crippen LogP contribution < -0.4 is 5.32 Å². The van der Waals surface area contributed by atoms with Crippen LogP contribution in [0.3, 0.4) is 0 Å². The SMILES string of the molecule is CCCNC(=O)[C@H](C)N(Cc1ccccc1)C(=O)CCc1ccc(C(C)(C)C)cc1. The van der Waals surface area contributed by atoms with Gasteiger partial charge in [-0.15, -0.1) is 0 Å². The van der Waals surface area contributed by atoms with Crippen molar-refractivity contribution in [2.75, 3.05) is 6.54 Å². The number of amides is 2. The van der Waals surface area contributed by atoms with E-state index in [9.17, 15) is 9.59 Å². The summed E-state index contributed by atoms with van der Waals surface area (Å²) in [4.78, 5) is 27.3. The Labute approximate surface area is 181 Å². The highest BCUT2D eigenvalue weighted by atomic mass is 16.2. The Morgan fingerprint density at radius 1 is 0.967 bits per heavy atom. The maximum Gasteiger partial charge on any atom is 0.242 e. The van der Waals surface area contributed by atoms with E-state index in [2.05, 4.69) is 50.4 Å². The van der Waals surface area contributed by atoms with E-state index < -0.39 is 6.04 Å². The number of nitrogens with zero attached hydrogens (tertiary/aromatic N) is 1. The van der Waals surface area contributed by atoms with Crippen molar-refractivity contribution in [1.82, 2.24) is 10.2 Å². The van der Waals surface area contributed by atoms with Gasteiger partial charge < -0.3 is 10.2 Å². The Hall–Kier alpha value is -2.62. The predicted molar refractivity (Wildman–Crippen MR) is 123 cm³/mol. The van der Waals surface area contributed by atoms with Crippen molar-refractivity contribution in [3.63, 3.8) is 0 Å². The quantitative estimate of drug-likeness (QED) is 0.644. The zero-order chi connectivity index (χ0) is 22.1. The van der Waals surface area contributed by atoms with Gasteiger partial charge in [0, 0.05) is 19.5 Å². The molecule has 162 valence electrons. The molecule has 2 amide bonds. The molecule has 30 heavy (non-hydrogen) atoms. The van der Waals surface area contributed by atoms with E-state index in [0.717, 1.165) is 17.5 Å². The van der Waals surface area contributed by atoms with Gasteiger partial charge in [-0.2, -0.15) is 0 Å². The average molecular weight is 409 g/mol. The van der Waals surface area contributed by atoms with Gasteiger partial charge in [0.05, 0.1) is 0 Å². The smallest absolute Gasteiger partial charge is 0.242 e. The van der Waals surface area contributed by atoms with E-state index in [0.29, 0.717) is 25.9 Å². The number of rotatable bonds is 9. The highest BCUT2D eigenvalue weighted by Gasteiger charge is 2.25. The highest BCUT2D eigenvalue weighted by Crippen LogP contribution is 2.22. The molecule has 4 nitrogen and oxygen atoms in total. The van der Waals surface area contributed by atoms with Crippen molar-refractivity contribution in [3.8, 4) is 0 Å². The molecule has 2 aromatic carbocycles. The summed E-state index contributed by atoms with van der Waals surface area (Å²) >= 11 is 0. The van der Waals surface area contributed by atoms with Crippen LogP contribution in [0.15, 0.2) is 54.6 Å². The summed E-state index contributed by atoms with van der Waals surface area (Å²) in [6, 6.07) is 17.8. The first-order valence-corrected chi connectivity index (χ1v) is 10.9. The van der Waals surface area contributed by atoms with Gasteiger partial charge in [0.15, 0.2) is 0 Å². The maximum atomic E-state index is 13.1. The van der Waals surface area contributed by atoms with Crippen molar-refractivity contribution < 1.29 is 9.59 Å². The van der Waals surface area contributed by atoms with Gasteiger partial charge in [0.25, 0.3) is 0 Å². The molecule has 2 aromatic rings. The molecule has 2 rings (SSSR count). The Balaban J connectivity index is 2.08. The van der Waals surface area contributed by atoms with Gasteiger partial charge >= 0.3 is 0 Å². The summed E-state index contributed by atoms with van der Waals surface area (Å²) in [5.74, 6) is -0.103. The van der Waals surface area contributed by atoms with E-state index in [1.165, 1.54) is 5.56 Å². The zero-order valence-corrected chi connectivity index (χ0v) is 19.1. The minimum Gasteiger partial charge on any atom is -0.354 e. The number of hydrogen-bond donors (Lipinski definition) is 1. The lowest BCUT2D eigenvalue weighted by molar-refractivity contribution is -0.140. The first-order chi connectivity index (χ1) is 14.2. The molecule has 0 radical (unpaired) electrons. The molecule has 0 aromatic heterocycles. The summed E-state index contributed by atoms with van der Waals surface area (Å²) in [5, 5.41) is 2.91. The first kappa shape index (κ1) is 23.7. The van der Waals surface area contributed by atoms with E-state index in [1.54, 1.807) is 4.90 Å². The van der Waals surface area contributed by atoms with E-state index in [1.807, 2.05) is 44.2 Å². The number of carbonyl (C=O) groups excluding carboxylic acids is 2. The topological polar surface area (TPSA) is 49.4 Å². The van der Waals surface area contributed by atoms with Gasteiger partial charge in [-0.05, 0) is 41.9 Å². The molecule has 0 saturated carbocycles. The van der Waals surface area contributed by atoms with Crippen molar-refractivity contribution in [2.45, 2.75) is 71.9 Å². The van der Waals surface area contributed by atoms with Gasteiger partial charge in [-0.3, -0.25) is 9.59 Å². The molecule has 0 bridgehead atoms. The molecule has 1 N–H and O–H groups in total. The van der Waals surface area contributed by atoms with Gasteiger partial charge in [0.2, 0.25) is 11.8 Å². The van der Waals surface area contributed by atoms with Crippen LogP contribution in [0.25, 0.3) is 0 Å². The van der Waals surface area contributed by atoms with Crippen LogP contribution in [0.4, 0.5) is 0 Å². The van der Waals surface area contributed by atoms with Crippen molar-refractivity contribution in [1.29, 1.82) is 0 Å². The standard InChI is InChI=1S/C26H36N2O2/c1-6-18-27-25(30)20(2)28(19-22-10-8-7-9-11-22)24(29)17-14-21-12-15-23(16-13-21)26(3,4)5/h7-13,15-16,20H,6,14,17-19H2,1-5H3,(H,27,30)/t20-/m0/s1. The summed E-state index contributed by atoms with van der Waals surface area (Å²) in [6.45, 7) is 11.5. The molecule has 1 atom stereocenters. The van der Waals surface area contributed by atoms with Crippen molar-refractivity contribution in [2.24, 2.45) is 0 Å². The predicted octanol–water partition coefficient (Wildman–Crippen LogP) is 4.86. The summed E-state index contributed by atoms with van der Waals surface area (Å²) < 4.78 is 0. The number of nitrogens with one attached hydrogen (secondary N) is 1. The average Bonchev–Trinajstić information content (AvgIpc) is 2.74. The molecule has 0 saturated heterocycles. The minimum absolute atomic E-state index is 0.00194. The molecule has 0 fully saturated rings. The van der Waals surface area contributed by atoms with Crippen molar-refractivity contribution in [3.05, 3.63) is 71.3 Å². The monoisotopic (exact) mass is 408 g/mol. The second-order valence-corrected chi connectivity index (χ2v) is 8.92. The number of carbonyl (C=O) groups is 2. The third kappa shape index (κ3) is 7.01. The molecule has 0 unspecified atom stereocenters. The van der Waals surface area contributed by atoms with Crippen LogP contribution in [0, 0.1) is 0 Å². The van der Waals surface area contributed by atoms with E-state index in [-0.39, 0.29) is 17.2 Å². The molecular weight excluding hydrogens is 372 g/mol. The maximum absolute atomic E-state index is 13.1. The third-order valence-electron chi connectivity index (χ3n) is 5.36. The molecule has 0 aliphatic rings. The molecular formula is C26H36N2O2. The zero-order valence-electron chi connectivity index (χ0n) is 19.1. The van der Waals surface area contributed by atoms with E-state index >= 15 is 0 Å². The third-order valence-corrected chi connectivity index (χ3v) is 5.36. The lowest BCUT2D eigenvalue weighted by Crippen LogP contribution is -2.47. The van der Waals surface area contributed by atoms with Crippen molar-refractivity contribution >= 4 is 11.8 Å². The summed E-state index contributed by atoms with van der Waals surface area (Å²) in [7, 11) is 0. The fourth-order valence-electron chi connectivity index (χ4n) is 3.32. The molecule has 0 aliphatic heterocycles. The molecule has 0 spiro atoms. The number of benzene rings is 2. The fraction of sp³-hybridized carbons (Fsp3) is 0.462. The Morgan fingerprint density at radius 2 is 1.60 bits per heavy atom. The summed E-state index contributed by atoms with van der Waals surface area (Å²) in [5.41, 5.74) is 3.56. The van der Waals surface area contributed by atoms with Crippen LogP contribution in [0.1, 0.15) is 64.2 Å². The Kier molecular flexibility index (Phi) is 8.64. The Bertz CT molecular complexity index is 807. The normalized spacial score (nSPS) is 12.3.